The minimum Gasteiger partial charge on any atom is -0.472 e. The average molecular weight is 1140 g/mol. The van der Waals surface area contributed by atoms with Gasteiger partial charge in [0.1, 0.15) is 5.76 Å². The van der Waals surface area contributed by atoms with E-state index < -0.39 is 52.5 Å². The second-order valence-corrected chi connectivity index (χ2v) is 20.8. The Kier molecular flexibility index (Phi) is 15.8. The number of alkyl halides is 12. The number of halogens is 12. The second-order valence-electron chi connectivity index (χ2n) is 20.8. The Balaban J connectivity index is 0.000000134. The second kappa shape index (κ2) is 22.2. The molecule has 0 aliphatic heterocycles. The predicted molar refractivity (Wildman–Crippen MR) is 281 cm³/mol. The normalized spacial score (nSPS) is 18.1. The van der Waals surface area contributed by atoms with Crippen LogP contribution in [0.4, 0.5) is 52.7 Å². The van der Waals surface area contributed by atoms with Crippen molar-refractivity contribution in [1.82, 2.24) is 0 Å². The number of Topliss-reactive ketones (excluding diaryl/α,β-unsaturated/α-hetero) is 4. The van der Waals surface area contributed by atoms with E-state index in [0.29, 0.717) is 42.2 Å². The number of rotatable bonds is 4. The maximum Gasteiger partial charge on any atom is 0.417 e. The van der Waals surface area contributed by atoms with Gasteiger partial charge in [-0.05, 0) is 124 Å². The van der Waals surface area contributed by atoms with Gasteiger partial charge in [-0.25, -0.2) is 0 Å². The Morgan fingerprint density at radius 3 is 1.16 bits per heavy atom. The summed E-state index contributed by atoms with van der Waals surface area (Å²) in [5.41, 5.74) is 2.46. The Hall–Kier alpha value is -8.28. The smallest absolute Gasteiger partial charge is 0.417 e. The number of benzene rings is 6. The van der Waals surface area contributed by atoms with Crippen molar-refractivity contribution in [2.45, 2.75) is 78.1 Å². The molecule has 0 saturated heterocycles. The van der Waals surface area contributed by atoms with Gasteiger partial charge in [-0.15, -0.1) is 0 Å². The molecule has 2 aromatic heterocycles. The molecule has 0 fully saturated rings. The quantitative estimate of drug-likeness (QED) is 0.163. The number of carbonyl (C=O) groups is 4. The lowest BCUT2D eigenvalue weighted by Gasteiger charge is -2.17. The van der Waals surface area contributed by atoms with Gasteiger partial charge in [0, 0.05) is 57.1 Å². The van der Waals surface area contributed by atoms with Gasteiger partial charge >= 0.3 is 24.7 Å². The van der Waals surface area contributed by atoms with Crippen LogP contribution in [0.5, 0.6) is 0 Å². The monoisotopic (exact) mass is 1140 g/mol. The summed E-state index contributed by atoms with van der Waals surface area (Å²) in [7, 11) is 0. The standard InChI is InChI=1S/2C18H12F6O.2C14H12O2/c1-9-5-10-3-2-4-14(15(10)16(9)25)11-6-12(17(19,20)21)8-13(7-11)18(22,23)24;1-9-7-10-3-2-4-13(15(10)16(9)25)12-6-5-11(17(19,20)21)8-14(12)18(22,23)24;1-9-8-10-4-2-5-11(13(10)14(9)15)12-6-3-7-16-12;1-9-7-10-3-2-4-12(13(10)14(9)15)11-5-6-16-8-11/h2-4,6-9H,5H2,1H3;2-6,8-9H,7H2,1H3;2-7,9H,8H2,1H3;2-6,8-9H,7H2,1H3. The zero-order valence-corrected chi connectivity index (χ0v) is 44.0. The summed E-state index contributed by atoms with van der Waals surface area (Å²) in [4.78, 5) is 48.8. The zero-order chi connectivity index (χ0) is 59.4. The van der Waals surface area contributed by atoms with Gasteiger partial charge in [-0.3, -0.25) is 19.2 Å². The molecule has 0 amide bonds. The largest absolute Gasteiger partial charge is 0.472 e. The summed E-state index contributed by atoms with van der Waals surface area (Å²) in [6, 6.07) is 29.6. The van der Waals surface area contributed by atoms with E-state index in [1.165, 1.54) is 24.3 Å². The molecule has 4 aliphatic carbocycles. The summed E-state index contributed by atoms with van der Waals surface area (Å²) >= 11 is 0. The van der Waals surface area contributed by atoms with E-state index >= 15 is 0 Å². The van der Waals surface area contributed by atoms with Crippen LogP contribution in [0.15, 0.2) is 155 Å². The Bertz CT molecular complexity index is 3620. The van der Waals surface area contributed by atoms with Gasteiger partial charge in [0.05, 0.1) is 41.0 Å². The fourth-order valence-electron chi connectivity index (χ4n) is 11.0. The van der Waals surface area contributed by atoms with Crippen LogP contribution in [0, 0.1) is 23.7 Å². The summed E-state index contributed by atoms with van der Waals surface area (Å²) in [5, 5.41) is 0. The Morgan fingerprint density at radius 1 is 0.366 bits per heavy atom. The van der Waals surface area contributed by atoms with Crippen molar-refractivity contribution in [1.29, 1.82) is 0 Å². The van der Waals surface area contributed by atoms with Crippen molar-refractivity contribution in [3.63, 3.8) is 0 Å². The van der Waals surface area contributed by atoms with Crippen LogP contribution >= 0.6 is 0 Å². The van der Waals surface area contributed by atoms with E-state index in [9.17, 15) is 71.9 Å². The fourth-order valence-corrected chi connectivity index (χ4v) is 11.0. The predicted octanol–water partition coefficient (Wildman–Crippen LogP) is 18.2. The van der Waals surface area contributed by atoms with Crippen molar-refractivity contribution in [2.75, 3.05) is 0 Å². The molecule has 12 rings (SSSR count). The maximum atomic E-state index is 13.4. The molecule has 0 N–H and O–H groups in total. The van der Waals surface area contributed by atoms with Gasteiger partial charge in [0.2, 0.25) is 0 Å². The number of furan rings is 2. The van der Waals surface area contributed by atoms with Crippen LogP contribution in [-0.2, 0) is 50.4 Å². The average Bonchev–Trinajstić information content (AvgIpc) is 3.04. The first-order valence-corrected chi connectivity index (χ1v) is 25.8. The van der Waals surface area contributed by atoms with E-state index in [-0.39, 0.29) is 86.8 Å². The van der Waals surface area contributed by atoms with Gasteiger partial charge in [0.15, 0.2) is 23.1 Å². The number of carbonyl (C=O) groups excluding carboxylic acids is 4. The van der Waals surface area contributed by atoms with Crippen LogP contribution in [0.3, 0.4) is 0 Å². The minimum atomic E-state index is -4.98. The van der Waals surface area contributed by atoms with Crippen LogP contribution in [-0.4, -0.2) is 23.1 Å². The van der Waals surface area contributed by atoms with Crippen molar-refractivity contribution in [2.24, 2.45) is 23.7 Å². The molecule has 0 saturated carbocycles. The number of hydrogen-bond donors (Lipinski definition) is 0. The van der Waals surface area contributed by atoms with E-state index in [1.54, 1.807) is 44.8 Å². The lowest BCUT2D eigenvalue weighted by atomic mass is 9.91. The van der Waals surface area contributed by atoms with Crippen LogP contribution in [0.1, 0.15) is 114 Å². The van der Waals surface area contributed by atoms with E-state index in [4.69, 9.17) is 8.83 Å². The highest BCUT2D eigenvalue weighted by Gasteiger charge is 2.41. The fraction of sp³-hybridized carbons (Fsp3) is 0.250. The molecule has 0 bridgehead atoms. The number of hydrogen-bond acceptors (Lipinski definition) is 6. The summed E-state index contributed by atoms with van der Waals surface area (Å²) in [6.07, 6.45) is -12.2. The minimum absolute atomic E-state index is 0.0212. The van der Waals surface area contributed by atoms with E-state index in [2.05, 4.69) is 0 Å². The molecule has 0 spiro atoms. The molecule has 4 unspecified atom stereocenters. The molecule has 0 radical (unpaired) electrons. The van der Waals surface area contributed by atoms with Gasteiger partial charge in [-0.1, -0.05) is 107 Å². The van der Waals surface area contributed by atoms with Crippen LogP contribution in [0.2, 0.25) is 0 Å². The SMILES string of the molecule is CC1Cc2cccc(-c3cc(C(F)(F)F)cc(C(F)(F)F)c3)c2C1=O.CC1Cc2cccc(-c3ccc(C(F)(F)F)cc3C(F)(F)F)c2C1=O.CC1Cc2cccc(-c3ccco3)c2C1=O.CC1Cc2cccc(-c3ccoc3)c2C1=O. The molecule has 8 aromatic rings. The van der Waals surface area contributed by atoms with Crippen LogP contribution in [0.25, 0.3) is 44.7 Å². The summed E-state index contributed by atoms with van der Waals surface area (Å²) in [6.45, 7) is 7.32. The van der Waals surface area contributed by atoms with E-state index in [0.717, 1.165) is 63.6 Å². The maximum absolute atomic E-state index is 13.4. The molecule has 424 valence electrons. The molecule has 4 aliphatic rings. The highest BCUT2D eigenvalue weighted by Crippen LogP contribution is 2.46. The first kappa shape index (κ1) is 58.4. The molecule has 6 aromatic carbocycles. The highest BCUT2D eigenvalue weighted by molar-refractivity contribution is 6.10. The third kappa shape index (κ3) is 11.8. The van der Waals surface area contributed by atoms with Gasteiger partial charge in [-0.2, -0.15) is 52.7 Å². The third-order valence-corrected chi connectivity index (χ3v) is 14.9. The van der Waals surface area contributed by atoms with Crippen LogP contribution < -0.4 is 0 Å². The van der Waals surface area contributed by atoms with E-state index in [1.807, 2.05) is 68.4 Å². The Labute approximate surface area is 461 Å². The first-order chi connectivity index (χ1) is 38.5. The Morgan fingerprint density at radius 2 is 0.768 bits per heavy atom. The molecular weight excluding hydrogens is 1090 g/mol. The van der Waals surface area contributed by atoms with Crippen molar-refractivity contribution in [3.05, 3.63) is 213 Å². The first-order valence-electron chi connectivity index (χ1n) is 25.8. The van der Waals surface area contributed by atoms with Crippen molar-refractivity contribution >= 4 is 23.1 Å². The molecule has 82 heavy (non-hydrogen) atoms. The molecule has 2 heterocycles. The number of fused-ring (bicyclic) bond motifs is 4. The molecule has 6 nitrogen and oxygen atoms in total. The van der Waals surface area contributed by atoms with Gasteiger partial charge in [0.25, 0.3) is 0 Å². The summed E-state index contributed by atoms with van der Waals surface area (Å²) in [5.74, 6) is 0.224. The molecular formula is C64H48F12O6. The zero-order valence-electron chi connectivity index (χ0n) is 44.0. The van der Waals surface area contributed by atoms with Crippen molar-refractivity contribution < 1.29 is 80.7 Å². The molecule has 4 atom stereocenters. The lowest BCUT2D eigenvalue weighted by Crippen LogP contribution is -2.13. The van der Waals surface area contributed by atoms with Gasteiger partial charge < -0.3 is 8.83 Å². The third-order valence-electron chi connectivity index (χ3n) is 14.9. The van der Waals surface area contributed by atoms with Crippen molar-refractivity contribution in [3.8, 4) is 44.7 Å². The summed E-state index contributed by atoms with van der Waals surface area (Å²) < 4.78 is 167. The highest BCUT2D eigenvalue weighted by atomic mass is 19.4. The number of ketones is 4. The topological polar surface area (TPSA) is 94.6 Å². The molecule has 18 heteroatoms. The lowest BCUT2D eigenvalue weighted by molar-refractivity contribution is -0.144.